The molecule has 0 unspecified atom stereocenters. The summed E-state index contributed by atoms with van der Waals surface area (Å²) in [5.74, 6) is -1.66. The van der Waals surface area contributed by atoms with Crippen molar-refractivity contribution in [2.75, 3.05) is 14.2 Å². The molecule has 2 heterocycles. The number of aromatic nitrogens is 2. The van der Waals surface area contributed by atoms with Crippen LogP contribution < -0.4 is 0 Å². The van der Waals surface area contributed by atoms with Crippen LogP contribution in [-0.2, 0) is 9.47 Å². The maximum absolute atomic E-state index is 13.1. The number of pyridine rings is 2. The van der Waals surface area contributed by atoms with Gasteiger partial charge in [0.15, 0.2) is 0 Å². The monoisotopic (exact) mass is 426 g/mol. The molecular weight excluding hydrogens is 411 g/mol. The van der Waals surface area contributed by atoms with Crippen LogP contribution in [0.3, 0.4) is 0 Å². The van der Waals surface area contributed by atoms with E-state index in [0.29, 0.717) is 22.0 Å². The molecule has 4 rings (SSSR count). The lowest BCUT2D eigenvalue weighted by Gasteiger charge is -2.04. The van der Waals surface area contributed by atoms with Crippen molar-refractivity contribution in [3.05, 3.63) is 82.9 Å². The fourth-order valence-electron chi connectivity index (χ4n) is 2.84. The van der Waals surface area contributed by atoms with Gasteiger partial charge in [-0.3, -0.25) is 0 Å². The van der Waals surface area contributed by atoms with Gasteiger partial charge in [0.2, 0.25) is 5.95 Å². The second-order valence-corrected chi connectivity index (χ2v) is 6.39. The standard InChI is InChI=1S/C11H8ClNO2.C11H8FNO2/c2*1-15-11(14)8-6-10(12)13-9-5-3-2-4-7(8)9/h2*2-6H,1H3. The Bertz CT molecular complexity index is 1150. The molecule has 0 aliphatic carbocycles. The summed E-state index contributed by atoms with van der Waals surface area (Å²) in [5, 5.41) is 1.62. The van der Waals surface area contributed by atoms with Gasteiger partial charge in [-0.1, -0.05) is 48.0 Å². The van der Waals surface area contributed by atoms with E-state index in [-0.39, 0.29) is 10.7 Å². The zero-order valence-corrected chi connectivity index (χ0v) is 16.8. The highest BCUT2D eigenvalue weighted by Gasteiger charge is 2.13. The Balaban J connectivity index is 0.000000171. The molecule has 0 saturated carbocycles. The van der Waals surface area contributed by atoms with E-state index < -0.39 is 17.9 Å². The number of esters is 2. The zero-order chi connectivity index (χ0) is 21.7. The molecule has 152 valence electrons. The zero-order valence-electron chi connectivity index (χ0n) is 16.1. The second-order valence-electron chi connectivity index (χ2n) is 6.00. The summed E-state index contributed by atoms with van der Waals surface area (Å²) in [6.45, 7) is 0. The minimum atomic E-state index is -0.686. The first-order chi connectivity index (χ1) is 14.4. The number of fused-ring (bicyclic) bond motifs is 2. The number of methoxy groups -OCH3 is 2. The minimum Gasteiger partial charge on any atom is -0.465 e. The van der Waals surface area contributed by atoms with Crippen LogP contribution in [0.25, 0.3) is 21.8 Å². The molecule has 4 aromatic rings. The molecule has 0 saturated heterocycles. The number of hydrogen-bond donors (Lipinski definition) is 0. The third-order valence-electron chi connectivity index (χ3n) is 4.18. The van der Waals surface area contributed by atoms with Crippen molar-refractivity contribution in [2.24, 2.45) is 0 Å². The average molecular weight is 427 g/mol. The highest BCUT2D eigenvalue weighted by Crippen LogP contribution is 2.21. The van der Waals surface area contributed by atoms with Crippen molar-refractivity contribution in [1.82, 2.24) is 9.97 Å². The molecule has 0 aliphatic rings. The number of nitrogens with zero attached hydrogens (tertiary/aromatic N) is 2. The minimum absolute atomic E-state index is 0.195. The van der Waals surface area contributed by atoms with E-state index in [1.165, 1.54) is 20.3 Å². The number of ether oxygens (including phenoxy) is 2. The number of carbonyl (C=O) groups is 2. The fraction of sp³-hybridized carbons (Fsp3) is 0.0909. The third-order valence-corrected chi connectivity index (χ3v) is 4.37. The second kappa shape index (κ2) is 9.28. The first kappa shape index (κ1) is 21.1. The molecule has 30 heavy (non-hydrogen) atoms. The molecule has 0 amide bonds. The van der Waals surface area contributed by atoms with Gasteiger partial charge in [0.05, 0.1) is 36.4 Å². The van der Waals surface area contributed by atoms with Crippen LogP contribution in [0.4, 0.5) is 4.39 Å². The van der Waals surface area contributed by atoms with Crippen LogP contribution in [0.5, 0.6) is 0 Å². The Kier molecular flexibility index (Phi) is 6.54. The number of halogens is 2. The number of benzene rings is 2. The van der Waals surface area contributed by atoms with E-state index in [4.69, 9.17) is 11.6 Å². The predicted molar refractivity (Wildman–Crippen MR) is 111 cm³/mol. The highest BCUT2D eigenvalue weighted by atomic mass is 35.5. The lowest BCUT2D eigenvalue weighted by atomic mass is 10.1. The van der Waals surface area contributed by atoms with Gasteiger partial charge in [0.25, 0.3) is 0 Å². The molecule has 2 aromatic heterocycles. The van der Waals surface area contributed by atoms with E-state index in [2.05, 4.69) is 19.4 Å². The van der Waals surface area contributed by atoms with Crippen LogP contribution in [0.2, 0.25) is 5.15 Å². The Labute approximate surface area is 176 Å². The van der Waals surface area contributed by atoms with Gasteiger partial charge < -0.3 is 9.47 Å². The van der Waals surface area contributed by atoms with Crippen molar-refractivity contribution >= 4 is 45.3 Å². The smallest absolute Gasteiger partial charge is 0.338 e. The topological polar surface area (TPSA) is 78.4 Å². The number of hydrogen-bond acceptors (Lipinski definition) is 6. The Hall–Kier alpha value is -3.58. The van der Waals surface area contributed by atoms with Crippen molar-refractivity contribution < 1.29 is 23.5 Å². The predicted octanol–water partition coefficient (Wildman–Crippen LogP) is 4.84. The van der Waals surface area contributed by atoms with Crippen LogP contribution >= 0.6 is 11.6 Å². The van der Waals surface area contributed by atoms with Crippen LogP contribution in [0.15, 0.2) is 60.7 Å². The summed E-state index contributed by atoms with van der Waals surface area (Å²) >= 11 is 5.81. The summed E-state index contributed by atoms with van der Waals surface area (Å²) in [6.07, 6.45) is 0. The summed E-state index contributed by atoms with van der Waals surface area (Å²) in [4.78, 5) is 30.6. The molecule has 0 radical (unpaired) electrons. The van der Waals surface area contributed by atoms with Gasteiger partial charge in [0, 0.05) is 16.8 Å². The van der Waals surface area contributed by atoms with Crippen molar-refractivity contribution in [3.63, 3.8) is 0 Å². The van der Waals surface area contributed by atoms with Crippen LogP contribution in [-0.4, -0.2) is 36.1 Å². The molecular formula is C22H16ClFN2O4. The Morgan fingerprint density at radius 2 is 1.27 bits per heavy atom. The molecule has 0 fully saturated rings. The summed E-state index contributed by atoms with van der Waals surface area (Å²) < 4.78 is 22.3. The Morgan fingerprint density at radius 3 is 1.80 bits per heavy atom. The summed E-state index contributed by atoms with van der Waals surface area (Å²) in [6, 6.07) is 16.7. The first-order valence-electron chi connectivity index (χ1n) is 8.71. The first-order valence-corrected chi connectivity index (χ1v) is 9.09. The maximum atomic E-state index is 13.1. The quantitative estimate of drug-likeness (QED) is 0.337. The van der Waals surface area contributed by atoms with Crippen LogP contribution in [0, 0.1) is 5.95 Å². The van der Waals surface area contributed by atoms with E-state index >= 15 is 0 Å². The summed E-state index contributed by atoms with van der Waals surface area (Å²) in [5.41, 5.74) is 1.76. The van der Waals surface area contributed by atoms with Gasteiger partial charge in [0.1, 0.15) is 5.15 Å². The molecule has 0 spiro atoms. The van der Waals surface area contributed by atoms with E-state index in [1.54, 1.807) is 30.3 Å². The molecule has 0 aliphatic heterocycles. The number of rotatable bonds is 2. The van der Waals surface area contributed by atoms with Gasteiger partial charge in [-0.2, -0.15) is 4.39 Å². The molecule has 2 aromatic carbocycles. The molecule has 0 atom stereocenters. The van der Waals surface area contributed by atoms with E-state index in [0.717, 1.165) is 11.5 Å². The fourth-order valence-corrected chi connectivity index (χ4v) is 3.04. The lowest BCUT2D eigenvalue weighted by Crippen LogP contribution is -2.03. The normalized spacial score (nSPS) is 10.3. The van der Waals surface area contributed by atoms with Gasteiger partial charge in [-0.15, -0.1) is 0 Å². The average Bonchev–Trinajstić information content (AvgIpc) is 2.77. The molecule has 0 bridgehead atoms. The lowest BCUT2D eigenvalue weighted by molar-refractivity contribution is 0.0593. The Morgan fingerprint density at radius 1 is 0.800 bits per heavy atom. The molecule has 8 heteroatoms. The number of para-hydroxylation sites is 2. The maximum Gasteiger partial charge on any atom is 0.338 e. The SMILES string of the molecule is COC(=O)c1cc(Cl)nc2ccccc12.COC(=O)c1cc(F)nc2ccccc12. The molecule has 0 N–H and O–H groups in total. The largest absolute Gasteiger partial charge is 0.465 e. The van der Waals surface area contributed by atoms with Gasteiger partial charge in [-0.05, 0) is 18.2 Å². The highest BCUT2D eigenvalue weighted by molar-refractivity contribution is 6.30. The van der Waals surface area contributed by atoms with E-state index in [1.807, 2.05) is 18.2 Å². The van der Waals surface area contributed by atoms with Crippen LogP contribution in [0.1, 0.15) is 20.7 Å². The summed E-state index contributed by atoms with van der Waals surface area (Å²) in [7, 11) is 2.60. The van der Waals surface area contributed by atoms with Gasteiger partial charge in [-0.25, -0.2) is 19.6 Å². The van der Waals surface area contributed by atoms with Gasteiger partial charge >= 0.3 is 11.9 Å². The number of carbonyl (C=O) groups excluding carboxylic acids is 2. The molecule has 6 nitrogen and oxygen atoms in total. The van der Waals surface area contributed by atoms with E-state index in [9.17, 15) is 14.0 Å². The third kappa shape index (κ3) is 4.52. The van der Waals surface area contributed by atoms with Crippen molar-refractivity contribution in [2.45, 2.75) is 0 Å². The van der Waals surface area contributed by atoms with Crippen molar-refractivity contribution in [3.8, 4) is 0 Å². The van der Waals surface area contributed by atoms with Crippen molar-refractivity contribution in [1.29, 1.82) is 0 Å².